The molecule has 2 aliphatic rings. The molecule has 4 rings (SSSR count). The first-order valence-electron chi connectivity index (χ1n) is 10.6. The van der Waals surface area contributed by atoms with Crippen molar-refractivity contribution in [2.75, 3.05) is 41.6 Å². The maximum atomic E-state index is 6.52. The highest BCUT2D eigenvalue weighted by Crippen LogP contribution is 2.57. The van der Waals surface area contributed by atoms with E-state index >= 15 is 0 Å². The van der Waals surface area contributed by atoms with Crippen LogP contribution in [-0.4, -0.2) is 52.8 Å². The fourth-order valence-corrected chi connectivity index (χ4v) is 4.86. The molecule has 0 amide bonds. The molecule has 168 valence electrons. The Kier molecular flexibility index (Phi) is 6.27. The van der Waals surface area contributed by atoms with Crippen molar-refractivity contribution >= 4 is 0 Å². The Morgan fingerprint density at radius 2 is 1.68 bits per heavy atom. The van der Waals surface area contributed by atoms with Crippen molar-refractivity contribution in [3.8, 4) is 23.0 Å². The normalized spacial score (nSPS) is 26.7. The highest BCUT2D eigenvalue weighted by molar-refractivity contribution is 5.62. The summed E-state index contributed by atoms with van der Waals surface area (Å²) in [5, 5.41) is 0. The Morgan fingerprint density at radius 1 is 0.968 bits per heavy atom. The summed E-state index contributed by atoms with van der Waals surface area (Å²) in [6.07, 6.45) is -0.558. The van der Waals surface area contributed by atoms with Crippen LogP contribution < -0.4 is 18.9 Å². The van der Waals surface area contributed by atoms with Gasteiger partial charge >= 0.3 is 0 Å². The lowest BCUT2D eigenvalue weighted by atomic mass is 9.81. The van der Waals surface area contributed by atoms with Gasteiger partial charge in [0.05, 0.1) is 41.0 Å². The summed E-state index contributed by atoms with van der Waals surface area (Å²) in [6.45, 7) is 5.42. The number of hydrogen-bond acceptors (Lipinski definition) is 7. The summed E-state index contributed by atoms with van der Waals surface area (Å²) in [6, 6.07) is 10.3. The Hall–Kier alpha value is -2.48. The van der Waals surface area contributed by atoms with Gasteiger partial charge < -0.3 is 28.4 Å². The maximum Gasteiger partial charge on any atom is 0.203 e. The Labute approximate surface area is 183 Å². The van der Waals surface area contributed by atoms with Gasteiger partial charge in [0.25, 0.3) is 0 Å². The maximum absolute atomic E-state index is 6.52. The van der Waals surface area contributed by atoms with Crippen molar-refractivity contribution in [3.63, 3.8) is 0 Å². The third-order valence-electron chi connectivity index (χ3n) is 6.23. The van der Waals surface area contributed by atoms with Crippen LogP contribution >= 0.6 is 0 Å². The molecule has 2 bridgehead atoms. The lowest BCUT2D eigenvalue weighted by Crippen LogP contribution is -2.51. The van der Waals surface area contributed by atoms with Gasteiger partial charge in [-0.25, -0.2) is 0 Å². The van der Waals surface area contributed by atoms with Crippen LogP contribution in [0.25, 0.3) is 0 Å². The van der Waals surface area contributed by atoms with Crippen LogP contribution in [0.3, 0.4) is 0 Å². The largest absolute Gasteiger partial charge is 0.497 e. The van der Waals surface area contributed by atoms with Gasteiger partial charge in [-0.3, -0.25) is 4.90 Å². The zero-order chi connectivity index (χ0) is 22.1. The monoisotopic (exact) mass is 429 g/mol. The summed E-state index contributed by atoms with van der Waals surface area (Å²) in [7, 11) is 6.60. The van der Waals surface area contributed by atoms with Gasteiger partial charge in [0, 0.05) is 18.2 Å². The Balaban J connectivity index is 1.89. The molecule has 2 aromatic carbocycles. The van der Waals surface area contributed by atoms with Gasteiger partial charge in [-0.1, -0.05) is 12.1 Å². The number of benzene rings is 2. The average molecular weight is 430 g/mol. The van der Waals surface area contributed by atoms with Gasteiger partial charge in [-0.05, 0) is 43.2 Å². The number of nitrogens with zero attached hydrogens (tertiary/aromatic N) is 1. The van der Waals surface area contributed by atoms with Crippen molar-refractivity contribution in [3.05, 3.63) is 47.0 Å². The molecule has 7 nitrogen and oxygen atoms in total. The van der Waals surface area contributed by atoms with Crippen LogP contribution in [-0.2, 0) is 9.47 Å². The smallest absolute Gasteiger partial charge is 0.203 e. The van der Waals surface area contributed by atoms with Crippen LogP contribution in [0.15, 0.2) is 30.3 Å². The van der Waals surface area contributed by atoms with E-state index in [4.69, 9.17) is 28.4 Å². The van der Waals surface area contributed by atoms with Gasteiger partial charge in [0.2, 0.25) is 5.75 Å². The van der Waals surface area contributed by atoms with E-state index in [1.54, 1.807) is 28.4 Å². The van der Waals surface area contributed by atoms with E-state index in [1.165, 1.54) is 0 Å². The molecule has 0 aliphatic carbocycles. The predicted molar refractivity (Wildman–Crippen MR) is 116 cm³/mol. The summed E-state index contributed by atoms with van der Waals surface area (Å²) >= 11 is 0. The van der Waals surface area contributed by atoms with Crippen molar-refractivity contribution in [2.24, 2.45) is 0 Å². The quantitative estimate of drug-likeness (QED) is 0.651. The fourth-order valence-electron chi connectivity index (χ4n) is 4.86. The van der Waals surface area contributed by atoms with E-state index in [1.807, 2.05) is 25.1 Å². The van der Waals surface area contributed by atoms with E-state index in [9.17, 15) is 0 Å². The van der Waals surface area contributed by atoms with Gasteiger partial charge in [-0.15, -0.1) is 0 Å². The zero-order valence-corrected chi connectivity index (χ0v) is 19.0. The molecule has 0 aromatic heterocycles. The third kappa shape index (κ3) is 3.60. The highest BCUT2D eigenvalue weighted by atomic mass is 16.7. The van der Waals surface area contributed by atoms with Gasteiger partial charge in [-0.2, -0.15) is 0 Å². The second-order valence-electron chi connectivity index (χ2n) is 7.68. The number of methoxy groups -OCH3 is 4. The van der Waals surface area contributed by atoms with Crippen molar-refractivity contribution < 1.29 is 28.4 Å². The first kappa shape index (κ1) is 21.7. The summed E-state index contributed by atoms with van der Waals surface area (Å²) in [4.78, 5) is 2.42. The molecule has 1 fully saturated rings. The molecule has 2 aliphatic heterocycles. The molecule has 31 heavy (non-hydrogen) atoms. The molecular formula is C24H31NO6. The van der Waals surface area contributed by atoms with Crippen molar-refractivity contribution in [2.45, 2.75) is 38.3 Å². The Morgan fingerprint density at radius 3 is 2.26 bits per heavy atom. The number of ether oxygens (including phenoxy) is 6. The van der Waals surface area contributed by atoms with Crippen LogP contribution in [0.4, 0.5) is 0 Å². The molecule has 0 radical (unpaired) electrons. The minimum absolute atomic E-state index is 0.0212. The minimum atomic E-state index is -0.306. The van der Waals surface area contributed by atoms with E-state index < -0.39 is 0 Å². The molecule has 2 heterocycles. The molecule has 1 saturated heterocycles. The molecule has 0 saturated carbocycles. The highest BCUT2D eigenvalue weighted by Gasteiger charge is 2.48. The summed E-state index contributed by atoms with van der Waals surface area (Å²) in [5.74, 6) is 2.73. The third-order valence-corrected chi connectivity index (χ3v) is 6.23. The van der Waals surface area contributed by atoms with E-state index in [-0.39, 0.29) is 24.5 Å². The molecule has 2 aromatic rings. The molecule has 5 atom stereocenters. The number of morpholine rings is 1. The van der Waals surface area contributed by atoms with Crippen LogP contribution in [0.1, 0.15) is 48.7 Å². The molecular weight excluding hydrogens is 398 g/mol. The second-order valence-corrected chi connectivity index (χ2v) is 7.68. The van der Waals surface area contributed by atoms with Gasteiger partial charge in [0.1, 0.15) is 11.9 Å². The molecule has 0 N–H and O–H groups in total. The van der Waals surface area contributed by atoms with Crippen LogP contribution in [0.5, 0.6) is 23.0 Å². The number of fused-ring (bicyclic) bond motifs is 4. The Bertz CT molecular complexity index is 915. The van der Waals surface area contributed by atoms with Crippen LogP contribution in [0.2, 0.25) is 0 Å². The average Bonchev–Trinajstić information content (AvgIpc) is 2.81. The lowest BCUT2D eigenvalue weighted by molar-refractivity contribution is -0.243. The standard InChI is InChI=1S/C24H31NO6/c1-7-30-19-13-25-14(2)20-17(12-18(27-4)23(28-5)24(20)29-6)22(31-19)21(25)15-8-10-16(26-3)11-9-15/h8-12,14,19,21-22H,7,13H2,1-6H3/t14-,19?,21+,22-/m1/s1. The van der Waals surface area contributed by atoms with Crippen molar-refractivity contribution in [1.82, 2.24) is 4.90 Å². The van der Waals surface area contributed by atoms with E-state index in [0.29, 0.717) is 30.4 Å². The number of hydrogen-bond donors (Lipinski definition) is 0. The van der Waals surface area contributed by atoms with E-state index in [2.05, 4.69) is 24.0 Å². The van der Waals surface area contributed by atoms with Crippen LogP contribution in [0, 0.1) is 0 Å². The SMILES string of the molecule is CCOC1CN2[C@H](C)c3c(cc(OC)c(OC)c3OC)[C@@H](O1)[C@@H]2c1ccc(OC)cc1. The first-order valence-corrected chi connectivity index (χ1v) is 10.6. The molecule has 0 spiro atoms. The van der Waals surface area contributed by atoms with Gasteiger partial charge in [0.15, 0.2) is 17.8 Å². The first-order chi connectivity index (χ1) is 15.1. The fraction of sp³-hybridized carbons (Fsp3) is 0.500. The van der Waals surface area contributed by atoms with E-state index in [0.717, 1.165) is 22.4 Å². The van der Waals surface area contributed by atoms with Crippen molar-refractivity contribution in [1.29, 1.82) is 0 Å². The topological polar surface area (TPSA) is 58.6 Å². The zero-order valence-electron chi connectivity index (χ0n) is 19.0. The minimum Gasteiger partial charge on any atom is -0.497 e. The molecule has 2 unspecified atom stereocenters. The molecule has 7 heteroatoms. The summed E-state index contributed by atoms with van der Waals surface area (Å²) < 4.78 is 34.9. The summed E-state index contributed by atoms with van der Waals surface area (Å²) in [5.41, 5.74) is 3.25. The number of rotatable bonds is 7. The second kappa shape index (κ2) is 8.94. The lowest BCUT2D eigenvalue weighted by Gasteiger charge is -2.52. The predicted octanol–water partition coefficient (Wildman–Crippen LogP) is 4.27.